The van der Waals surface area contributed by atoms with Gasteiger partial charge in [-0.1, -0.05) is 39.0 Å². The van der Waals surface area contributed by atoms with Crippen LogP contribution in [-0.2, 0) is 4.79 Å². The molecule has 0 atom stereocenters. The van der Waals surface area contributed by atoms with Gasteiger partial charge in [-0.3, -0.25) is 4.79 Å². The Morgan fingerprint density at radius 1 is 1.13 bits per heavy atom. The fourth-order valence-electron chi connectivity index (χ4n) is 2.78. The maximum absolute atomic E-state index is 11.6. The number of halogens is 1. The zero-order chi connectivity index (χ0) is 16.2. The normalized spacial score (nSPS) is 15.7. The summed E-state index contributed by atoms with van der Waals surface area (Å²) in [6.45, 7) is 4.14. The molecule has 0 spiro atoms. The third-order valence-corrected chi connectivity index (χ3v) is 4.22. The lowest BCUT2D eigenvalue weighted by atomic mass is 9.86. The second-order valence-electron chi connectivity index (χ2n) is 6.45. The predicted octanol–water partition coefficient (Wildman–Crippen LogP) is 3.00. The minimum Gasteiger partial charge on any atom is -0.356 e. The van der Waals surface area contributed by atoms with Crippen LogP contribution in [0.4, 0.5) is 0 Å². The molecule has 23 heavy (non-hydrogen) atoms. The molecule has 0 bridgehead atoms. The first-order valence-electron chi connectivity index (χ1n) is 8.85. The van der Waals surface area contributed by atoms with Crippen molar-refractivity contribution >= 4 is 35.8 Å². The zero-order valence-electron chi connectivity index (χ0n) is 15.1. The lowest BCUT2D eigenvalue weighted by molar-refractivity contribution is -0.127. The van der Waals surface area contributed by atoms with Crippen molar-refractivity contribution in [3.05, 3.63) is 0 Å². The van der Waals surface area contributed by atoms with Crippen LogP contribution in [0.15, 0.2) is 4.99 Å². The molecule has 0 aromatic rings. The summed E-state index contributed by atoms with van der Waals surface area (Å²) in [7, 11) is 3.52. The molecule has 0 radical (unpaired) electrons. The highest BCUT2D eigenvalue weighted by Gasteiger charge is 2.12. The van der Waals surface area contributed by atoms with Gasteiger partial charge in [0.2, 0.25) is 5.91 Å². The van der Waals surface area contributed by atoms with Crippen LogP contribution < -0.4 is 10.6 Å². The van der Waals surface area contributed by atoms with E-state index in [1.807, 2.05) is 0 Å². The smallest absolute Gasteiger partial charge is 0.243 e. The molecule has 0 aromatic carbocycles. The number of rotatable bonds is 8. The van der Waals surface area contributed by atoms with Gasteiger partial charge in [-0.05, 0) is 25.2 Å². The Morgan fingerprint density at radius 2 is 1.78 bits per heavy atom. The van der Waals surface area contributed by atoms with Crippen LogP contribution in [0.1, 0.15) is 58.3 Å². The van der Waals surface area contributed by atoms with Crippen molar-refractivity contribution in [1.29, 1.82) is 0 Å². The SMILES string of the molecule is CCCNC(=NCC(=O)N(C)C)NCCCC1CCCCC1.I. The van der Waals surface area contributed by atoms with Crippen molar-refractivity contribution in [2.45, 2.75) is 58.3 Å². The fourth-order valence-corrected chi connectivity index (χ4v) is 2.78. The van der Waals surface area contributed by atoms with Crippen molar-refractivity contribution in [3.63, 3.8) is 0 Å². The predicted molar refractivity (Wildman–Crippen MR) is 109 cm³/mol. The van der Waals surface area contributed by atoms with Crippen LogP contribution in [0.25, 0.3) is 0 Å². The molecule has 1 amide bonds. The van der Waals surface area contributed by atoms with E-state index in [2.05, 4.69) is 22.5 Å². The van der Waals surface area contributed by atoms with Gasteiger partial charge in [0.25, 0.3) is 0 Å². The molecule has 1 rings (SSSR count). The van der Waals surface area contributed by atoms with E-state index in [9.17, 15) is 4.79 Å². The number of likely N-dealkylation sites (N-methyl/N-ethyl adjacent to an activating group) is 1. The summed E-state index contributed by atoms with van der Waals surface area (Å²) >= 11 is 0. The minimum absolute atomic E-state index is 0. The first-order valence-corrected chi connectivity index (χ1v) is 8.85. The summed E-state index contributed by atoms with van der Waals surface area (Å²) in [6, 6.07) is 0. The summed E-state index contributed by atoms with van der Waals surface area (Å²) < 4.78 is 0. The average Bonchev–Trinajstić information content (AvgIpc) is 2.53. The van der Waals surface area contributed by atoms with Crippen LogP contribution >= 0.6 is 24.0 Å². The van der Waals surface area contributed by atoms with E-state index in [1.54, 1.807) is 19.0 Å². The van der Waals surface area contributed by atoms with Crippen LogP contribution in [0.5, 0.6) is 0 Å². The van der Waals surface area contributed by atoms with E-state index in [4.69, 9.17) is 0 Å². The second-order valence-corrected chi connectivity index (χ2v) is 6.45. The number of carbonyl (C=O) groups excluding carboxylic acids is 1. The van der Waals surface area contributed by atoms with Gasteiger partial charge >= 0.3 is 0 Å². The van der Waals surface area contributed by atoms with Crippen LogP contribution in [0.3, 0.4) is 0 Å². The summed E-state index contributed by atoms with van der Waals surface area (Å²) in [6.07, 6.45) is 10.6. The summed E-state index contributed by atoms with van der Waals surface area (Å²) in [4.78, 5) is 17.6. The molecule has 1 aliphatic rings. The third-order valence-electron chi connectivity index (χ3n) is 4.22. The van der Waals surface area contributed by atoms with Gasteiger partial charge in [-0.2, -0.15) is 0 Å². The number of hydrogen-bond donors (Lipinski definition) is 2. The van der Waals surface area contributed by atoms with Gasteiger partial charge < -0.3 is 15.5 Å². The standard InChI is InChI=1S/C17H34N4O.HI/c1-4-12-18-17(20-14-16(22)21(2)3)19-13-8-11-15-9-6-5-7-10-15;/h15H,4-14H2,1-3H3,(H2,18,19,20);1H. The van der Waals surface area contributed by atoms with Gasteiger partial charge in [-0.15, -0.1) is 24.0 Å². The molecule has 2 N–H and O–H groups in total. The maximum atomic E-state index is 11.6. The number of hydrogen-bond acceptors (Lipinski definition) is 2. The third kappa shape index (κ3) is 10.8. The van der Waals surface area contributed by atoms with Gasteiger partial charge in [0.1, 0.15) is 6.54 Å². The highest BCUT2D eigenvalue weighted by molar-refractivity contribution is 14.0. The number of carbonyl (C=O) groups is 1. The summed E-state index contributed by atoms with van der Waals surface area (Å²) in [5, 5.41) is 6.63. The van der Waals surface area contributed by atoms with Gasteiger partial charge in [0.05, 0.1) is 0 Å². The minimum atomic E-state index is 0. The zero-order valence-corrected chi connectivity index (χ0v) is 17.4. The molecule has 0 aromatic heterocycles. The first-order chi connectivity index (χ1) is 10.6. The highest BCUT2D eigenvalue weighted by atomic mass is 127. The molecule has 0 unspecified atom stereocenters. The Balaban J connectivity index is 0.00000484. The number of guanidine groups is 1. The lowest BCUT2D eigenvalue weighted by Gasteiger charge is -2.21. The van der Waals surface area contributed by atoms with Gasteiger partial charge in [-0.25, -0.2) is 4.99 Å². The largest absolute Gasteiger partial charge is 0.356 e. The topological polar surface area (TPSA) is 56.7 Å². The molecule has 5 nitrogen and oxygen atoms in total. The van der Waals surface area contributed by atoms with Crippen molar-refractivity contribution in [2.24, 2.45) is 10.9 Å². The van der Waals surface area contributed by atoms with E-state index in [0.717, 1.165) is 31.4 Å². The van der Waals surface area contributed by atoms with E-state index >= 15 is 0 Å². The van der Waals surface area contributed by atoms with Crippen molar-refractivity contribution in [2.75, 3.05) is 33.7 Å². The summed E-state index contributed by atoms with van der Waals surface area (Å²) in [5.41, 5.74) is 0. The molecule has 0 heterocycles. The van der Waals surface area contributed by atoms with Crippen molar-refractivity contribution < 1.29 is 4.79 Å². The van der Waals surface area contributed by atoms with E-state index in [0.29, 0.717) is 0 Å². The number of nitrogens with one attached hydrogen (secondary N) is 2. The first kappa shape index (κ1) is 22.5. The average molecular weight is 438 g/mol. The Bertz CT molecular complexity index is 341. The highest BCUT2D eigenvalue weighted by Crippen LogP contribution is 2.26. The van der Waals surface area contributed by atoms with Crippen LogP contribution in [-0.4, -0.2) is 50.5 Å². The summed E-state index contributed by atoms with van der Waals surface area (Å²) in [5.74, 6) is 1.72. The Kier molecular flexibility index (Phi) is 13.5. The van der Waals surface area contributed by atoms with Gasteiger partial charge in [0.15, 0.2) is 5.96 Å². The quantitative estimate of drug-likeness (QED) is 0.265. The van der Waals surface area contributed by atoms with E-state index in [1.165, 1.54) is 44.9 Å². The number of aliphatic imine (C=N–C) groups is 1. The van der Waals surface area contributed by atoms with E-state index in [-0.39, 0.29) is 36.4 Å². The molecule has 6 heteroatoms. The number of nitrogens with zero attached hydrogens (tertiary/aromatic N) is 2. The van der Waals surface area contributed by atoms with Crippen molar-refractivity contribution in [3.8, 4) is 0 Å². The van der Waals surface area contributed by atoms with E-state index < -0.39 is 0 Å². The molecule has 1 fully saturated rings. The Labute approximate surface area is 159 Å². The maximum Gasteiger partial charge on any atom is 0.243 e. The van der Waals surface area contributed by atoms with Crippen LogP contribution in [0.2, 0.25) is 0 Å². The molecule has 0 aliphatic heterocycles. The van der Waals surface area contributed by atoms with Crippen molar-refractivity contribution in [1.82, 2.24) is 15.5 Å². The monoisotopic (exact) mass is 438 g/mol. The van der Waals surface area contributed by atoms with Crippen LogP contribution in [0, 0.1) is 5.92 Å². The molecule has 136 valence electrons. The molecular weight excluding hydrogens is 403 g/mol. The second kappa shape index (κ2) is 13.9. The number of amides is 1. The Morgan fingerprint density at radius 3 is 2.39 bits per heavy atom. The Hall–Kier alpha value is -0.530. The fraction of sp³-hybridized carbons (Fsp3) is 0.882. The molecule has 1 saturated carbocycles. The van der Waals surface area contributed by atoms with Gasteiger partial charge in [0, 0.05) is 27.2 Å². The molecule has 1 aliphatic carbocycles. The lowest BCUT2D eigenvalue weighted by Crippen LogP contribution is -2.39. The molecular formula is C17H35IN4O. The molecule has 0 saturated heterocycles.